The molecule has 0 bridgehead atoms. The Morgan fingerprint density at radius 2 is 1.89 bits per heavy atom. The first kappa shape index (κ1) is 28.4. The zero-order valence-electron chi connectivity index (χ0n) is 20.3. The van der Waals surface area contributed by atoms with Crippen LogP contribution >= 0.6 is 11.6 Å². The Hall–Kier alpha value is -4.14. The normalized spacial score (nSPS) is 11.8. The fraction of sp³-hybridized carbons (Fsp3) is 0.304. The summed E-state index contributed by atoms with van der Waals surface area (Å²) in [6.07, 6.45) is -3.22. The molecule has 1 amide bonds. The van der Waals surface area contributed by atoms with Gasteiger partial charge in [0.2, 0.25) is 6.79 Å². The molecule has 13 nitrogen and oxygen atoms in total. The van der Waals surface area contributed by atoms with Crippen molar-refractivity contribution in [2.24, 2.45) is 0 Å². The molecule has 0 unspecified atom stereocenters. The molecular formula is C23H24ClFN6O7. The van der Waals surface area contributed by atoms with Gasteiger partial charge in [-0.3, -0.25) is 10.2 Å². The Labute approximate surface area is 220 Å². The number of esters is 1. The second-order valence-electron chi connectivity index (χ2n) is 8.04. The van der Waals surface area contributed by atoms with Crippen LogP contribution < -0.4 is 5.43 Å². The molecule has 0 saturated carbocycles. The maximum atomic E-state index is 14.2. The molecule has 1 atom stereocenters. The van der Waals surface area contributed by atoms with E-state index < -0.39 is 49.4 Å². The molecule has 1 heterocycles. The van der Waals surface area contributed by atoms with Crippen LogP contribution in [0.15, 0.2) is 42.5 Å². The second-order valence-corrected chi connectivity index (χ2v) is 8.47. The van der Waals surface area contributed by atoms with E-state index in [1.807, 2.05) is 0 Å². The fourth-order valence-electron chi connectivity index (χ4n) is 3.07. The Morgan fingerprint density at radius 1 is 1.16 bits per heavy atom. The lowest BCUT2D eigenvalue weighted by molar-refractivity contribution is -0.164. The van der Waals surface area contributed by atoms with Gasteiger partial charge in [-0.2, -0.15) is 5.21 Å². The van der Waals surface area contributed by atoms with E-state index in [2.05, 4.69) is 30.8 Å². The summed E-state index contributed by atoms with van der Waals surface area (Å²) in [6.45, 7) is 2.01. The predicted octanol–water partition coefficient (Wildman–Crippen LogP) is 2.23. The lowest BCUT2D eigenvalue weighted by Gasteiger charge is -2.24. The Morgan fingerprint density at radius 3 is 2.55 bits per heavy atom. The molecule has 0 saturated heterocycles. The number of rotatable bonds is 11. The molecule has 15 heteroatoms. The van der Waals surface area contributed by atoms with E-state index in [-0.39, 0.29) is 12.4 Å². The average Bonchev–Trinajstić information content (AvgIpc) is 3.41. The lowest BCUT2D eigenvalue weighted by atomic mass is 10.0. The second kappa shape index (κ2) is 13.4. The van der Waals surface area contributed by atoms with Gasteiger partial charge in [-0.05, 0) is 48.4 Å². The summed E-state index contributed by atoms with van der Waals surface area (Å²) in [5, 5.41) is 24.5. The molecule has 3 aromatic rings. The van der Waals surface area contributed by atoms with E-state index in [9.17, 15) is 23.9 Å². The number of hydrazine groups is 1. The van der Waals surface area contributed by atoms with Crippen molar-refractivity contribution >= 4 is 29.6 Å². The number of H-pyrrole nitrogens is 1. The summed E-state index contributed by atoms with van der Waals surface area (Å²) in [5.74, 6) is -2.61. The van der Waals surface area contributed by atoms with Crippen LogP contribution in [0.1, 0.15) is 30.0 Å². The minimum atomic E-state index is -1.75. The highest BCUT2D eigenvalue weighted by Crippen LogP contribution is 2.26. The molecule has 1 aromatic heterocycles. The highest BCUT2D eigenvalue weighted by molar-refractivity contribution is 6.30. The Bertz CT molecular complexity index is 1240. The molecule has 202 valence electrons. The first-order chi connectivity index (χ1) is 18.1. The van der Waals surface area contributed by atoms with Crippen LogP contribution in [0.4, 0.5) is 9.18 Å². The Kier molecular flexibility index (Phi) is 10.0. The summed E-state index contributed by atoms with van der Waals surface area (Å²) >= 11 is 5.98. The minimum absolute atomic E-state index is 0.00343. The van der Waals surface area contributed by atoms with Crippen molar-refractivity contribution in [1.82, 2.24) is 31.1 Å². The van der Waals surface area contributed by atoms with Gasteiger partial charge in [-0.25, -0.2) is 19.0 Å². The van der Waals surface area contributed by atoms with Crippen LogP contribution in [-0.4, -0.2) is 74.3 Å². The molecule has 3 N–H and O–H groups in total. The molecule has 0 radical (unpaired) electrons. The number of ether oxygens (including phenoxy) is 3. The number of benzene rings is 2. The third-order valence-corrected chi connectivity index (χ3v) is 4.99. The lowest BCUT2D eigenvalue weighted by Crippen LogP contribution is -2.48. The maximum Gasteiger partial charge on any atom is 0.511 e. The first-order valence-corrected chi connectivity index (χ1v) is 11.5. The van der Waals surface area contributed by atoms with Crippen molar-refractivity contribution in [3.8, 4) is 11.1 Å². The fourth-order valence-corrected chi connectivity index (χ4v) is 3.24. The van der Waals surface area contributed by atoms with Crippen molar-refractivity contribution in [3.63, 3.8) is 0 Å². The number of aromatic nitrogens is 4. The van der Waals surface area contributed by atoms with E-state index in [0.29, 0.717) is 21.7 Å². The topological polar surface area (TPSA) is 169 Å². The van der Waals surface area contributed by atoms with E-state index in [1.165, 1.54) is 23.2 Å². The number of aliphatic hydroxyl groups is 1. The first-order valence-electron chi connectivity index (χ1n) is 11.1. The maximum absolute atomic E-state index is 14.2. The van der Waals surface area contributed by atoms with Crippen molar-refractivity contribution in [3.05, 3.63) is 64.7 Å². The van der Waals surface area contributed by atoms with Gasteiger partial charge in [0.25, 0.3) is 5.82 Å². The smallest absolute Gasteiger partial charge is 0.431 e. The molecular weight excluding hydrogens is 527 g/mol. The van der Waals surface area contributed by atoms with E-state index in [0.717, 1.165) is 0 Å². The standard InChI is InChI=1S/C23H24ClFN6O7/c1-13(2)38-23(35)37-12-36-22(34)19(32)11-31(28-21(33)20-26-29-30-27-20)10-14-3-5-15(6-4-14)17-9-16(24)7-8-18(17)25/h3-9,13,19,32H,10-12H2,1-2H3,(H,28,33)(H,26,27,29,30)/t19-/m1/s1. The van der Waals surface area contributed by atoms with Crippen LogP contribution in [-0.2, 0) is 25.5 Å². The van der Waals surface area contributed by atoms with Crippen molar-refractivity contribution in [1.29, 1.82) is 0 Å². The van der Waals surface area contributed by atoms with Gasteiger partial charge in [0.1, 0.15) is 5.82 Å². The number of carbonyl (C=O) groups is 3. The zero-order valence-corrected chi connectivity index (χ0v) is 21.0. The number of aliphatic hydroxyl groups excluding tert-OH is 1. The number of nitrogens with zero attached hydrogens (tertiary/aromatic N) is 4. The molecule has 0 aliphatic carbocycles. The SMILES string of the molecule is CC(C)OC(=O)OCOC(=O)[C@H](O)CN(Cc1ccc(-c2cc(Cl)ccc2F)cc1)NC(=O)c1nn[nH]n1. The summed E-state index contributed by atoms with van der Waals surface area (Å²) in [4.78, 5) is 36.0. The number of hydrogen-bond donors (Lipinski definition) is 3. The molecule has 0 aliphatic rings. The number of amides is 1. The van der Waals surface area contributed by atoms with Crippen LogP contribution in [0.2, 0.25) is 5.02 Å². The molecule has 0 fully saturated rings. The number of hydrogen-bond acceptors (Lipinski definition) is 11. The minimum Gasteiger partial charge on any atom is -0.431 e. The average molecular weight is 551 g/mol. The largest absolute Gasteiger partial charge is 0.511 e. The van der Waals surface area contributed by atoms with Crippen LogP contribution in [0.3, 0.4) is 0 Å². The summed E-state index contributed by atoms with van der Waals surface area (Å²) < 4.78 is 28.3. The molecule has 2 aromatic carbocycles. The zero-order chi connectivity index (χ0) is 27.7. The van der Waals surface area contributed by atoms with Gasteiger partial charge in [0, 0.05) is 17.1 Å². The van der Waals surface area contributed by atoms with Crippen LogP contribution in [0.5, 0.6) is 0 Å². The van der Waals surface area contributed by atoms with Crippen molar-refractivity contribution in [2.45, 2.75) is 32.6 Å². The molecule has 0 aliphatic heterocycles. The molecule has 0 spiro atoms. The Balaban J connectivity index is 1.66. The monoisotopic (exact) mass is 550 g/mol. The quantitative estimate of drug-likeness (QED) is 0.182. The number of nitrogens with one attached hydrogen (secondary N) is 2. The van der Waals surface area contributed by atoms with E-state index >= 15 is 0 Å². The molecule has 3 rings (SSSR count). The van der Waals surface area contributed by atoms with Gasteiger partial charge < -0.3 is 19.3 Å². The summed E-state index contributed by atoms with van der Waals surface area (Å²) in [7, 11) is 0. The van der Waals surface area contributed by atoms with Gasteiger partial charge in [-0.15, -0.1) is 10.2 Å². The van der Waals surface area contributed by atoms with Gasteiger partial charge >= 0.3 is 18.0 Å². The van der Waals surface area contributed by atoms with Crippen molar-refractivity contribution in [2.75, 3.05) is 13.3 Å². The highest BCUT2D eigenvalue weighted by Gasteiger charge is 2.24. The number of tetrazole rings is 1. The third kappa shape index (κ3) is 8.47. The van der Waals surface area contributed by atoms with Crippen LogP contribution in [0, 0.1) is 5.82 Å². The number of carbonyl (C=O) groups excluding carboxylic acids is 3. The van der Waals surface area contributed by atoms with E-state index in [1.54, 1.807) is 38.1 Å². The van der Waals surface area contributed by atoms with E-state index in [4.69, 9.17) is 21.1 Å². The van der Waals surface area contributed by atoms with Crippen LogP contribution in [0.25, 0.3) is 11.1 Å². The highest BCUT2D eigenvalue weighted by atomic mass is 35.5. The third-order valence-electron chi connectivity index (χ3n) is 4.75. The number of halogens is 2. The van der Waals surface area contributed by atoms with Gasteiger partial charge in [0.15, 0.2) is 6.10 Å². The summed E-state index contributed by atoms with van der Waals surface area (Å²) in [6, 6.07) is 10.9. The number of aromatic amines is 1. The predicted molar refractivity (Wildman–Crippen MR) is 129 cm³/mol. The van der Waals surface area contributed by atoms with Gasteiger partial charge in [-0.1, -0.05) is 35.9 Å². The van der Waals surface area contributed by atoms with Gasteiger partial charge in [0.05, 0.1) is 12.6 Å². The summed E-state index contributed by atoms with van der Waals surface area (Å²) in [5.41, 5.74) is 3.98. The van der Waals surface area contributed by atoms with Crippen molar-refractivity contribution < 1.29 is 38.1 Å². The molecule has 38 heavy (non-hydrogen) atoms.